The lowest BCUT2D eigenvalue weighted by molar-refractivity contribution is -0.122. The molecule has 94 valence electrons. The highest BCUT2D eigenvalue weighted by Gasteiger charge is 2.19. The van der Waals surface area contributed by atoms with Crippen molar-refractivity contribution in [1.29, 1.82) is 0 Å². The molecule has 1 heterocycles. The minimum Gasteiger partial charge on any atom is -0.358 e. The van der Waals surface area contributed by atoms with Crippen molar-refractivity contribution in [2.45, 2.75) is 39.3 Å². The molecule has 1 unspecified atom stereocenters. The third kappa shape index (κ3) is 4.84. The van der Waals surface area contributed by atoms with Gasteiger partial charge in [0, 0.05) is 11.7 Å². The highest BCUT2D eigenvalue weighted by atomic mass is 127. The Balaban J connectivity index is 2.64. The van der Waals surface area contributed by atoms with Crippen LogP contribution in [0.4, 0.5) is 5.82 Å². The van der Waals surface area contributed by atoms with E-state index in [0.29, 0.717) is 5.82 Å². The minimum absolute atomic E-state index is 0.0492. The molecule has 0 spiro atoms. The Morgan fingerprint density at radius 3 is 2.65 bits per heavy atom. The summed E-state index contributed by atoms with van der Waals surface area (Å²) in [5, 5.41) is 5.97. The van der Waals surface area contributed by atoms with Crippen LogP contribution in [0.5, 0.6) is 0 Å². The molecule has 0 saturated carbocycles. The van der Waals surface area contributed by atoms with E-state index in [1.807, 2.05) is 20.8 Å². The first-order chi connectivity index (χ1) is 7.79. The molecule has 0 aliphatic heterocycles. The van der Waals surface area contributed by atoms with Crippen LogP contribution in [0, 0.1) is 3.57 Å². The first-order valence-corrected chi connectivity index (χ1v) is 6.41. The lowest BCUT2D eigenvalue weighted by Crippen LogP contribution is -2.47. The largest absolute Gasteiger partial charge is 0.358 e. The quantitative estimate of drug-likeness (QED) is 0.818. The molecule has 1 atom stereocenters. The molecule has 1 rings (SSSR count). The Kier molecular flexibility index (Phi) is 4.67. The van der Waals surface area contributed by atoms with Gasteiger partial charge in [0.1, 0.15) is 18.2 Å². The Morgan fingerprint density at radius 1 is 1.47 bits per heavy atom. The van der Waals surface area contributed by atoms with E-state index in [4.69, 9.17) is 0 Å². The molecular formula is C11H17IN4O. The van der Waals surface area contributed by atoms with E-state index in [2.05, 4.69) is 43.2 Å². The fraction of sp³-hybridized carbons (Fsp3) is 0.545. The van der Waals surface area contributed by atoms with Crippen LogP contribution in [-0.4, -0.2) is 27.5 Å². The lowest BCUT2D eigenvalue weighted by atomic mass is 10.1. The summed E-state index contributed by atoms with van der Waals surface area (Å²) < 4.78 is 0.889. The second kappa shape index (κ2) is 5.61. The standard InChI is InChI=1S/C11H17IN4O/c1-7(10(17)16-11(2,3)4)15-9-8(12)5-13-6-14-9/h5-7H,1-4H3,(H,16,17)(H,13,14,15). The Bertz CT molecular complexity index is 403. The van der Waals surface area contributed by atoms with Crippen molar-refractivity contribution in [3.05, 3.63) is 16.1 Å². The molecule has 17 heavy (non-hydrogen) atoms. The van der Waals surface area contributed by atoms with E-state index < -0.39 is 0 Å². The Morgan fingerprint density at radius 2 is 2.12 bits per heavy atom. The van der Waals surface area contributed by atoms with E-state index in [9.17, 15) is 4.79 Å². The van der Waals surface area contributed by atoms with Gasteiger partial charge in [-0.05, 0) is 50.3 Å². The minimum atomic E-state index is -0.336. The zero-order chi connectivity index (χ0) is 13.1. The molecule has 5 nitrogen and oxygen atoms in total. The summed E-state index contributed by atoms with van der Waals surface area (Å²) in [6.45, 7) is 7.66. The van der Waals surface area contributed by atoms with Crippen LogP contribution in [-0.2, 0) is 4.79 Å². The monoisotopic (exact) mass is 348 g/mol. The Hall–Kier alpha value is -0.920. The van der Waals surface area contributed by atoms with Gasteiger partial charge >= 0.3 is 0 Å². The van der Waals surface area contributed by atoms with Crippen LogP contribution in [0.3, 0.4) is 0 Å². The predicted octanol–water partition coefficient (Wildman–Crippen LogP) is 1.80. The number of rotatable bonds is 3. The molecule has 6 heteroatoms. The summed E-state index contributed by atoms with van der Waals surface area (Å²) in [5.41, 5.74) is -0.230. The predicted molar refractivity (Wildman–Crippen MR) is 75.7 cm³/mol. The highest BCUT2D eigenvalue weighted by molar-refractivity contribution is 14.1. The molecule has 2 N–H and O–H groups in total. The van der Waals surface area contributed by atoms with Gasteiger partial charge in [-0.15, -0.1) is 0 Å². The van der Waals surface area contributed by atoms with Crippen LogP contribution in [0.25, 0.3) is 0 Å². The smallest absolute Gasteiger partial charge is 0.242 e. The third-order valence-corrected chi connectivity index (χ3v) is 2.70. The van der Waals surface area contributed by atoms with E-state index >= 15 is 0 Å². The molecule has 1 aromatic rings. The molecule has 0 saturated heterocycles. The number of anilines is 1. The maximum absolute atomic E-state index is 11.9. The number of nitrogens with zero attached hydrogens (tertiary/aromatic N) is 2. The number of carbonyl (C=O) groups excluding carboxylic acids is 1. The van der Waals surface area contributed by atoms with Gasteiger partial charge in [0.2, 0.25) is 5.91 Å². The summed E-state index contributed by atoms with van der Waals surface area (Å²) in [7, 11) is 0. The number of amides is 1. The second-order valence-electron chi connectivity index (χ2n) is 4.82. The van der Waals surface area contributed by atoms with Crippen LogP contribution in [0.15, 0.2) is 12.5 Å². The van der Waals surface area contributed by atoms with Crippen molar-refractivity contribution < 1.29 is 4.79 Å². The molecule has 0 aliphatic rings. The van der Waals surface area contributed by atoms with Crippen LogP contribution < -0.4 is 10.6 Å². The van der Waals surface area contributed by atoms with Gasteiger partial charge in [0.15, 0.2) is 0 Å². The van der Waals surface area contributed by atoms with Gasteiger partial charge in [-0.3, -0.25) is 4.79 Å². The van der Waals surface area contributed by atoms with Gasteiger partial charge in [0.05, 0.1) is 3.57 Å². The van der Waals surface area contributed by atoms with Crippen LogP contribution in [0.2, 0.25) is 0 Å². The maximum atomic E-state index is 11.9. The zero-order valence-electron chi connectivity index (χ0n) is 10.4. The summed E-state index contributed by atoms with van der Waals surface area (Å²) >= 11 is 2.13. The number of hydrogen-bond donors (Lipinski definition) is 2. The molecule has 0 radical (unpaired) electrons. The van der Waals surface area contributed by atoms with E-state index in [-0.39, 0.29) is 17.5 Å². The molecule has 0 aromatic carbocycles. The van der Waals surface area contributed by atoms with Gasteiger partial charge in [-0.1, -0.05) is 0 Å². The van der Waals surface area contributed by atoms with Crippen molar-refractivity contribution in [2.24, 2.45) is 0 Å². The fourth-order valence-electron chi connectivity index (χ4n) is 1.17. The molecular weight excluding hydrogens is 331 g/mol. The molecule has 0 bridgehead atoms. The van der Waals surface area contributed by atoms with Crippen molar-refractivity contribution in [3.8, 4) is 0 Å². The summed E-state index contributed by atoms with van der Waals surface area (Å²) in [4.78, 5) is 19.8. The topological polar surface area (TPSA) is 66.9 Å². The number of halogens is 1. The van der Waals surface area contributed by atoms with E-state index in [1.54, 1.807) is 13.1 Å². The van der Waals surface area contributed by atoms with E-state index in [0.717, 1.165) is 3.57 Å². The zero-order valence-corrected chi connectivity index (χ0v) is 12.6. The summed E-state index contributed by atoms with van der Waals surface area (Å²) in [6.07, 6.45) is 3.16. The first kappa shape index (κ1) is 14.1. The van der Waals surface area contributed by atoms with Gasteiger partial charge in [-0.2, -0.15) is 0 Å². The van der Waals surface area contributed by atoms with Crippen molar-refractivity contribution in [1.82, 2.24) is 15.3 Å². The number of nitrogens with one attached hydrogen (secondary N) is 2. The van der Waals surface area contributed by atoms with Crippen molar-refractivity contribution in [3.63, 3.8) is 0 Å². The molecule has 0 fully saturated rings. The molecule has 1 amide bonds. The fourth-order valence-corrected chi connectivity index (χ4v) is 1.62. The molecule has 1 aromatic heterocycles. The summed E-state index contributed by atoms with van der Waals surface area (Å²) in [5.74, 6) is 0.629. The lowest BCUT2D eigenvalue weighted by Gasteiger charge is -2.24. The van der Waals surface area contributed by atoms with Crippen LogP contribution >= 0.6 is 22.6 Å². The number of carbonyl (C=O) groups is 1. The Labute approximate surface area is 115 Å². The van der Waals surface area contributed by atoms with Gasteiger partial charge in [-0.25, -0.2) is 9.97 Å². The number of aromatic nitrogens is 2. The van der Waals surface area contributed by atoms with Crippen molar-refractivity contribution >= 4 is 34.3 Å². The SMILES string of the molecule is CC(Nc1ncncc1I)C(=O)NC(C)(C)C. The second-order valence-corrected chi connectivity index (χ2v) is 5.99. The van der Waals surface area contributed by atoms with Crippen LogP contribution in [0.1, 0.15) is 27.7 Å². The number of hydrogen-bond acceptors (Lipinski definition) is 4. The van der Waals surface area contributed by atoms with Gasteiger partial charge in [0.25, 0.3) is 0 Å². The maximum Gasteiger partial charge on any atom is 0.242 e. The average Bonchev–Trinajstić information content (AvgIpc) is 2.18. The first-order valence-electron chi connectivity index (χ1n) is 5.33. The summed E-state index contributed by atoms with van der Waals surface area (Å²) in [6, 6.07) is -0.336. The third-order valence-electron chi connectivity index (χ3n) is 1.91. The normalized spacial score (nSPS) is 13.0. The van der Waals surface area contributed by atoms with E-state index in [1.165, 1.54) is 6.33 Å². The van der Waals surface area contributed by atoms with Gasteiger partial charge < -0.3 is 10.6 Å². The average molecular weight is 348 g/mol. The molecule has 0 aliphatic carbocycles. The van der Waals surface area contributed by atoms with Crippen molar-refractivity contribution in [2.75, 3.05) is 5.32 Å². The highest BCUT2D eigenvalue weighted by Crippen LogP contribution is 2.13.